The number of benzene rings is 2. The van der Waals surface area contributed by atoms with Gasteiger partial charge in [-0.3, -0.25) is 28.9 Å². The minimum atomic E-state index is -0.978. The first-order chi connectivity index (χ1) is 19.7. The Morgan fingerprint density at radius 1 is 0.902 bits per heavy atom. The molecule has 0 fully saturated rings. The maximum atomic E-state index is 13.5. The molecule has 0 bridgehead atoms. The number of rotatable bonds is 14. The number of aryl methyl sites for hydroxylation is 2. The summed E-state index contributed by atoms with van der Waals surface area (Å²) in [7, 11) is 0. The van der Waals surface area contributed by atoms with Gasteiger partial charge in [-0.2, -0.15) is 0 Å². The van der Waals surface area contributed by atoms with Gasteiger partial charge in [0, 0.05) is 32.2 Å². The molecule has 0 unspecified atom stereocenters. The van der Waals surface area contributed by atoms with Crippen molar-refractivity contribution in [1.82, 2.24) is 10.6 Å². The van der Waals surface area contributed by atoms with Gasteiger partial charge in [-0.1, -0.05) is 48.9 Å². The molecule has 218 valence electrons. The molecule has 2 aromatic rings. The van der Waals surface area contributed by atoms with Gasteiger partial charge >= 0.3 is 0 Å². The van der Waals surface area contributed by atoms with Crippen LogP contribution in [-0.4, -0.2) is 41.6 Å². The standard InChI is InChI=1S/C31H39N5O5/c32-26(37)13-3-1-2-7-20-8-4-9-21(17-20)19-34-30(40)24(15-16-27(33)38)35-31(41)25-18-23-12-5-10-22-11-6-14-28(39)36(25)29(22)23/h4-5,8-10,12,17,24-25H,1-3,6-7,11,13-16,18-19H2,(H2,32,37)(H2,33,38)(H,34,40)(H,35,41)/t24-,25-/m0/s1. The van der Waals surface area contributed by atoms with E-state index in [-0.39, 0.29) is 31.2 Å². The Bertz CT molecular complexity index is 1310. The van der Waals surface area contributed by atoms with E-state index in [1.54, 1.807) is 4.90 Å². The summed E-state index contributed by atoms with van der Waals surface area (Å²) in [6.45, 7) is 0.250. The molecular weight excluding hydrogens is 522 g/mol. The summed E-state index contributed by atoms with van der Waals surface area (Å²) in [4.78, 5) is 63.7. The minimum Gasteiger partial charge on any atom is -0.370 e. The lowest BCUT2D eigenvalue weighted by Gasteiger charge is -2.27. The van der Waals surface area contributed by atoms with Gasteiger partial charge in [0.2, 0.25) is 29.5 Å². The fraction of sp³-hybridized carbons (Fsp3) is 0.452. The number of hydrogen-bond donors (Lipinski definition) is 4. The molecule has 41 heavy (non-hydrogen) atoms. The third-order valence-corrected chi connectivity index (χ3v) is 7.74. The second-order valence-electron chi connectivity index (χ2n) is 10.9. The molecule has 5 amide bonds. The van der Waals surface area contributed by atoms with Crippen molar-refractivity contribution in [1.29, 1.82) is 0 Å². The fourth-order valence-corrected chi connectivity index (χ4v) is 5.67. The lowest BCUT2D eigenvalue weighted by atomic mass is 10.0. The Kier molecular flexibility index (Phi) is 10.1. The van der Waals surface area contributed by atoms with Crippen LogP contribution in [0, 0.1) is 0 Å². The lowest BCUT2D eigenvalue weighted by molar-refractivity contribution is -0.131. The highest BCUT2D eigenvalue weighted by Crippen LogP contribution is 2.38. The number of para-hydroxylation sites is 1. The molecule has 0 spiro atoms. The number of nitrogens with zero attached hydrogens (tertiary/aromatic N) is 1. The highest BCUT2D eigenvalue weighted by molar-refractivity contribution is 6.05. The first kappa shape index (κ1) is 29.8. The average Bonchev–Trinajstić information content (AvgIpc) is 3.26. The van der Waals surface area contributed by atoms with Gasteiger partial charge < -0.3 is 22.1 Å². The van der Waals surface area contributed by atoms with Crippen molar-refractivity contribution in [3.8, 4) is 0 Å². The molecule has 2 heterocycles. The molecule has 2 aliphatic heterocycles. The van der Waals surface area contributed by atoms with Crippen LogP contribution < -0.4 is 27.0 Å². The van der Waals surface area contributed by atoms with Crippen molar-refractivity contribution in [3.63, 3.8) is 0 Å². The minimum absolute atomic E-state index is 0.0527. The molecule has 6 N–H and O–H groups in total. The van der Waals surface area contributed by atoms with Gasteiger partial charge in [0.1, 0.15) is 12.1 Å². The van der Waals surface area contributed by atoms with Gasteiger partial charge in [-0.05, 0) is 60.8 Å². The Morgan fingerprint density at radius 3 is 2.41 bits per heavy atom. The third kappa shape index (κ3) is 7.93. The topological polar surface area (TPSA) is 165 Å². The van der Waals surface area contributed by atoms with Crippen LogP contribution in [0.15, 0.2) is 42.5 Å². The molecule has 0 aliphatic carbocycles. The molecule has 10 nitrogen and oxygen atoms in total. The zero-order valence-corrected chi connectivity index (χ0v) is 23.3. The van der Waals surface area contributed by atoms with Crippen LogP contribution in [0.3, 0.4) is 0 Å². The van der Waals surface area contributed by atoms with E-state index in [1.807, 2.05) is 42.5 Å². The predicted octanol–water partition coefficient (Wildman–Crippen LogP) is 1.94. The molecule has 2 aliphatic rings. The molecular formula is C31H39N5O5. The zero-order valence-electron chi connectivity index (χ0n) is 23.3. The molecule has 10 heteroatoms. The first-order valence-electron chi connectivity index (χ1n) is 14.4. The van der Waals surface area contributed by atoms with Gasteiger partial charge in [-0.15, -0.1) is 0 Å². The van der Waals surface area contributed by atoms with Gasteiger partial charge in [-0.25, -0.2) is 0 Å². The quantitative estimate of drug-likeness (QED) is 0.259. The van der Waals surface area contributed by atoms with Crippen molar-refractivity contribution in [2.24, 2.45) is 11.5 Å². The van der Waals surface area contributed by atoms with Crippen LogP contribution in [0.25, 0.3) is 0 Å². The first-order valence-corrected chi connectivity index (χ1v) is 14.4. The van der Waals surface area contributed by atoms with E-state index in [0.29, 0.717) is 19.3 Å². The lowest BCUT2D eigenvalue weighted by Crippen LogP contribution is -2.54. The third-order valence-electron chi connectivity index (χ3n) is 7.74. The van der Waals surface area contributed by atoms with Crippen LogP contribution >= 0.6 is 0 Å². The number of unbranched alkanes of at least 4 members (excludes halogenated alkanes) is 2. The monoisotopic (exact) mass is 561 g/mol. The number of hydrogen-bond acceptors (Lipinski definition) is 5. The summed E-state index contributed by atoms with van der Waals surface area (Å²) in [5, 5.41) is 5.69. The zero-order chi connectivity index (χ0) is 29.4. The van der Waals surface area contributed by atoms with Crippen molar-refractivity contribution in [2.75, 3.05) is 4.90 Å². The summed E-state index contributed by atoms with van der Waals surface area (Å²) < 4.78 is 0. The number of amides is 5. The molecule has 2 atom stereocenters. The highest BCUT2D eigenvalue weighted by Gasteiger charge is 2.41. The van der Waals surface area contributed by atoms with E-state index in [9.17, 15) is 24.0 Å². The van der Waals surface area contributed by atoms with Crippen LogP contribution in [0.2, 0.25) is 0 Å². The largest absolute Gasteiger partial charge is 0.370 e. The SMILES string of the molecule is NC(=O)CCCCCc1cccc(CNC(=O)[C@H](CCC(N)=O)NC(=O)[C@@H]2Cc3cccc4c3N2C(=O)CCC4)c1. The van der Waals surface area contributed by atoms with E-state index in [1.165, 1.54) is 0 Å². The van der Waals surface area contributed by atoms with Crippen LogP contribution in [0.5, 0.6) is 0 Å². The van der Waals surface area contributed by atoms with Crippen LogP contribution in [0.1, 0.15) is 73.6 Å². The molecule has 0 radical (unpaired) electrons. The molecule has 0 aromatic heterocycles. The molecule has 4 rings (SSSR count). The number of carbonyl (C=O) groups is 5. The van der Waals surface area contributed by atoms with Crippen LogP contribution in [0.4, 0.5) is 5.69 Å². The van der Waals surface area contributed by atoms with E-state index < -0.39 is 29.8 Å². The van der Waals surface area contributed by atoms with Crippen molar-refractivity contribution >= 4 is 35.2 Å². The Balaban J connectivity index is 1.38. The number of primary amides is 2. The van der Waals surface area contributed by atoms with E-state index >= 15 is 0 Å². The number of nitrogens with one attached hydrogen (secondary N) is 2. The predicted molar refractivity (Wildman–Crippen MR) is 154 cm³/mol. The smallest absolute Gasteiger partial charge is 0.244 e. The number of carbonyl (C=O) groups excluding carboxylic acids is 5. The van der Waals surface area contributed by atoms with Crippen molar-refractivity contribution < 1.29 is 24.0 Å². The fourth-order valence-electron chi connectivity index (χ4n) is 5.67. The normalized spacial score (nSPS) is 16.4. The Hall–Kier alpha value is -4.21. The van der Waals surface area contributed by atoms with Gasteiger partial charge in [0.15, 0.2) is 0 Å². The summed E-state index contributed by atoms with van der Waals surface area (Å²) in [6.07, 6.45) is 6.05. The number of nitrogens with two attached hydrogens (primary N) is 2. The maximum absolute atomic E-state index is 13.5. The number of anilines is 1. The summed E-state index contributed by atoms with van der Waals surface area (Å²) >= 11 is 0. The maximum Gasteiger partial charge on any atom is 0.244 e. The molecule has 0 saturated carbocycles. The molecule has 2 aromatic carbocycles. The van der Waals surface area contributed by atoms with Crippen molar-refractivity contribution in [2.45, 2.75) is 89.3 Å². The van der Waals surface area contributed by atoms with Crippen LogP contribution in [-0.2, 0) is 49.8 Å². The van der Waals surface area contributed by atoms with Gasteiger partial charge in [0.05, 0.1) is 5.69 Å². The van der Waals surface area contributed by atoms with E-state index in [2.05, 4.69) is 10.6 Å². The second-order valence-corrected chi connectivity index (χ2v) is 10.9. The second kappa shape index (κ2) is 13.9. The van der Waals surface area contributed by atoms with Crippen molar-refractivity contribution in [3.05, 3.63) is 64.7 Å². The van der Waals surface area contributed by atoms with E-state index in [0.717, 1.165) is 66.5 Å². The summed E-state index contributed by atoms with van der Waals surface area (Å²) in [6, 6.07) is 12.0. The highest BCUT2D eigenvalue weighted by atomic mass is 16.2. The Labute approximate surface area is 240 Å². The average molecular weight is 562 g/mol. The van der Waals surface area contributed by atoms with Gasteiger partial charge in [0.25, 0.3) is 0 Å². The summed E-state index contributed by atoms with van der Waals surface area (Å²) in [5.41, 5.74) is 15.4. The summed E-state index contributed by atoms with van der Waals surface area (Å²) in [5.74, 6) is -1.80. The van der Waals surface area contributed by atoms with E-state index in [4.69, 9.17) is 11.5 Å². The molecule has 0 saturated heterocycles. The Morgan fingerprint density at radius 2 is 1.63 bits per heavy atom.